The molecule has 0 saturated heterocycles. The Morgan fingerprint density at radius 1 is 1.39 bits per heavy atom. The molecule has 0 radical (unpaired) electrons. The van der Waals surface area contributed by atoms with Crippen molar-refractivity contribution in [3.8, 4) is 0 Å². The zero-order valence-electron chi connectivity index (χ0n) is 12.6. The van der Waals surface area contributed by atoms with E-state index >= 15 is 0 Å². The molecule has 0 aliphatic heterocycles. The van der Waals surface area contributed by atoms with Crippen molar-refractivity contribution < 1.29 is 4.79 Å². The summed E-state index contributed by atoms with van der Waals surface area (Å²) in [6.45, 7) is 2.61. The third-order valence-corrected chi connectivity index (χ3v) is 3.93. The molecule has 0 spiro atoms. The minimum Gasteiger partial charge on any atom is -0.323 e. The molecule has 0 saturated carbocycles. The van der Waals surface area contributed by atoms with Crippen molar-refractivity contribution >= 4 is 29.0 Å². The minimum absolute atomic E-state index is 0.174. The molecule has 1 aromatic carbocycles. The van der Waals surface area contributed by atoms with E-state index in [-0.39, 0.29) is 5.91 Å². The highest BCUT2D eigenvalue weighted by Crippen LogP contribution is 2.13. The third kappa shape index (κ3) is 4.37. The summed E-state index contributed by atoms with van der Waals surface area (Å²) in [5.74, 6) is -0.174. The molecule has 2 aromatic heterocycles. The Morgan fingerprint density at radius 2 is 2.30 bits per heavy atom. The van der Waals surface area contributed by atoms with Crippen LogP contribution in [0, 0.1) is 6.92 Å². The van der Waals surface area contributed by atoms with Gasteiger partial charge in [0.25, 0.3) is 0 Å². The molecule has 6 heteroatoms. The number of carbonyl (C=O) groups is 1. The van der Waals surface area contributed by atoms with Crippen molar-refractivity contribution in [2.24, 2.45) is 0 Å². The maximum atomic E-state index is 12.0. The van der Waals surface area contributed by atoms with Crippen molar-refractivity contribution in [3.63, 3.8) is 0 Å². The Labute approximate surface area is 138 Å². The van der Waals surface area contributed by atoms with E-state index in [0.717, 1.165) is 22.0 Å². The first-order valence-corrected chi connectivity index (χ1v) is 8.04. The van der Waals surface area contributed by atoms with Crippen LogP contribution < -0.4 is 5.32 Å². The molecule has 0 atom stereocenters. The summed E-state index contributed by atoms with van der Waals surface area (Å²) < 4.78 is 1.84. The molecule has 0 bridgehead atoms. The number of aryl methyl sites for hydroxylation is 1. The van der Waals surface area contributed by atoms with E-state index in [0.29, 0.717) is 6.54 Å². The first-order valence-electron chi connectivity index (χ1n) is 7.16. The van der Waals surface area contributed by atoms with E-state index in [1.807, 2.05) is 53.5 Å². The molecule has 3 aromatic rings. The zero-order chi connectivity index (χ0) is 16.1. The van der Waals surface area contributed by atoms with Crippen LogP contribution in [-0.2, 0) is 11.3 Å². The molecular weight excluding hydrogens is 308 g/mol. The largest absolute Gasteiger partial charge is 0.323 e. The summed E-state index contributed by atoms with van der Waals surface area (Å²) in [6.07, 6.45) is 6.86. The first-order chi connectivity index (χ1) is 11.2. The van der Waals surface area contributed by atoms with Gasteiger partial charge in [0.1, 0.15) is 0 Å². The first kappa shape index (κ1) is 15.2. The molecule has 3 rings (SSSR count). The normalized spacial score (nSPS) is 11.0. The summed E-state index contributed by atoms with van der Waals surface area (Å²) in [7, 11) is 0. The van der Waals surface area contributed by atoms with Crippen LogP contribution in [0.15, 0.2) is 54.2 Å². The smallest absolute Gasteiger partial charge is 0.248 e. The number of aromatic nitrogens is 3. The average molecular weight is 324 g/mol. The van der Waals surface area contributed by atoms with Gasteiger partial charge in [-0.1, -0.05) is 12.1 Å². The number of amides is 1. The van der Waals surface area contributed by atoms with E-state index in [4.69, 9.17) is 0 Å². The van der Waals surface area contributed by atoms with Crippen molar-refractivity contribution in [3.05, 3.63) is 70.4 Å². The lowest BCUT2D eigenvalue weighted by Gasteiger charge is -2.06. The van der Waals surface area contributed by atoms with Gasteiger partial charge in [-0.3, -0.25) is 9.48 Å². The van der Waals surface area contributed by atoms with E-state index in [9.17, 15) is 4.79 Å². The van der Waals surface area contributed by atoms with E-state index < -0.39 is 0 Å². The summed E-state index contributed by atoms with van der Waals surface area (Å²) in [4.78, 5) is 16.3. The number of anilines is 1. The Bertz CT molecular complexity index is 821. The van der Waals surface area contributed by atoms with Gasteiger partial charge < -0.3 is 5.32 Å². The molecule has 2 heterocycles. The Hall–Kier alpha value is -2.73. The number of hydrogen-bond donors (Lipinski definition) is 1. The molecule has 0 unspecified atom stereocenters. The Morgan fingerprint density at radius 3 is 3.04 bits per heavy atom. The van der Waals surface area contributed by atoms with Gasteiger partial charge in [-0.2, -0.15) is 5.10 Å². The van der Waals surface area contributed by atoms with Crippen LogP contribution in [0.4, 0.5) is 5.69 Å². The summed E-state index contributed by atoms with van der Waals surface area (Å²) in [6, 6.07) is 9.62. The monoisotopic (exact) mass is 324 g/mol. The fourth-order valence-electron chi connectivity index (χ4n) is 2.13. The molecule has 5 nitrogen and oxygen atoms in total. The number of hydrogen-bond acceptors (Lipinski definition) is 4. The van der Waals surface area contributed by atoms with Gasteiger partial charge in [-0.15, -0.1) is 11.3 Å². The highest BCUT2D eigenvalue weighted by molar-refractivity contribution is 7.09. The second-order valence-electron chi connectivity index (χ2n) is 5.02. The van der Waals surface area contributed by atoms with E-state index in [1.165, 1.54) is 6.08 Å². The van der Waals surface area contributed by atoms with Crippen LogP contribution in [0.2, 0.25) is 0 Å². The van der Waals surface area contributed by atoms with Crippen molar-refractivity contribution in [1.29, 1.82) is 0 Å². The highest BCUT2D eigenvalue weighted by Gasteiger charge is 2.01. The van der Waals surface area contributed by atoms with Gasteiger partial charge in [0.05, 0.1) is 17.2 Å². The highest BCUT2D eigenvalue weighted by atomic mass is 32.1. The molecular formula is C17H16N4OS. The predicted octanol–water partition coefficient (Wildman–Crippen LogP) is 3.35. The second kappa shape index (κ2) is 7.02. The standard InChI is InChI=1S/C17H16N4OS/c1-13-19-16(12-23-13)6-7-17(22)20-15-5-2-4-14(10-15)11-21-9-3-8-18-21/h2-10,12H,11H2,1H3,(H,20,22)/b7-6+. The van der Waals surface area contributed by atoms with Crippen LogP contribution >= 0.6 is 11.3 Å². The van der Waals surface area contributed by atoms with Crippen molar-refractivity contribution in [2.75, 3.05) is 5.32 Å². The molecule has 23 heavy (non-hydrogen) atoms. The summed E-state index contributed by atoms with van der Waals surface area (Å²) >= 11 is 1.56. The van der Waals surface area contributed by atoms with Crippen LogP contribution in [0.1, 0.15) is 16.3 Å². The Balaban J connectivity index is 1.63. The van der Waals surface area contributed by atoms with Crippen LogP contribution in [0.5, 0.6) is 0 Å². The fourth-order valence-corrected chi connectivity index (χ4v) is 2.71. The number of carbonyl (C=O) groups excluding carboxylic acids is 1. The summed E-state index contributed by atoms with van der Waals surface area (Å²) in [5, 5.41) is 9.94. The maximum absolute atomic E-state index is 12.0. The van der Waals surface area contributed by atoms with Crippen LogP contribution in [-0.4, -0.2) is 20.7 Å². The lowest BCUT2D eigenvalue weighted by atomic mass is 10.2. The molecule has 1 N–H and O–H groups in total. The lowest BCUT2D eigenvalue weighted by molar-refractivity contribution is -0.111. The zero-order valence-corrected chi connectivity index (χ0v) is 13.5. The number of thiazole rings is 1. The topological polar surface area (TPSA) is 59.8 Å². The molecule has 1 amide bonds. The number of rotatable bonds is 5. The third-order valence-electron chi connectivity index (χ3n) is 3.14. The number of nitrogens with one attached hydrogen (secondary N) is 1. The van der Waals surface area contributed by atoms with Crippen LogP contribution in [0.3, 0.4) is 0 Å². The fraction of sp³-hybridized carbons (Fsp3) is 0.118. The van der Waals surface area contributed by atoms with Gasteiger partial charge in [-0.25, -0.2) is 4.98 Å². The van der Waals surface area contributed by atoms with Crippen LogP contribution in [0.25, 0.3) is 6.08 Å². The second-order valence-corrected chi connectivity index (χ2v) is 6.08. The van der Waals surface area contributed by atoms with Gasteiger partial charge in [0.15, 0.2) is 0 Å². The molecule has 0 fully saturated rings. The van der Waals surface area contributed by atoms with E-state index in [1.54, 1.807) is 23.6 Å². The summed E-state index contributed by atoms with van der Waals surface area (Å²) in [5.41, 5.74) is 2.64. The SMILES string of the molecule is Cc1nc(/C=C/C(=O)Nc2cccc(Cn3cccn3)c2)cs1. The molecule has 0 aliphatic rings. The average Bonchev–Trinajstić information content (AvgIpc) is 3.17. The molecule has 0 aliphatic carbocycles. The molecule has 116 valence electrons. The Kier molecular flexibility index (Phi) is 4.63. The minimum atomic E-state index is -0.174. The number of benzene rings is 1. The number of nitrogens with zero attached hydrogens (tertiary/aromatic N) is 3. The van der Waals surface area contributed by atoms with E-state index in [2.05, 4.69) is 15.4 Å². The van der Waals surface area contributed by atoms with Gasteiger partial charge >= 0.3 is 0 Å². The van der Waals surface area contributed by atoms with Gasteiger partial charge in [-0.05, 0) is 36.8 Å². The van der Waals surface area contributed by atoms with Crippen molar-refractivity contribution in [2.45, 2.75) is 13.5 Å². The van der Waals surface area contributed by atoms with Gasteiger partial charge in [0.2, 0.25) is 5.91 Å². The lowest BCUT2D eigenvalue weighted by Crippen LogP contribution is -2.08. The van der Waals surface area contributed by atoms with Gasteiger partial charge in [0, 0.05) is 29.5 Å². The quantitative estimate of drug-likeness (QED) is 0.732. The maximum Gasteiger partial charge on any atom is 0.248 e. The predicted molar refractivity (Wildman–Crippen MR) is 92.3 cm³/mol. The van der Waals surface area contributed by atoms with Crippen molar-refractivity contribution in [1.82, 2.24) is 14.8 Å².